The molecule has 0 aromatic heterocycles. The number of carbonyl (C=O) groups excluding carboxylic acids is 2. The second-order valence-corrected chi connectivity index (χ2v) is 11.1. The number of rotatable bonds is 12. The molecule has 0 bridgehead atoms. The lowest BCUT2D eigenvalue weighted by Crippen LogP contribution is -2.40. The Morgan fingerprint density at radius 2 is 1.14 bits per heavy atom. The summed E-state index contributed by atoms with van der Waals surface area (Å²) in [6.45, 7) is 12.1. The fraction of sp³-hybridized carbons (Fsp3) is 0.517. The van der Waals surface area contributed by atoms with Crippen LogP contribution in [-0.4, -0.2) is 88.0 Å². The second-order valence-electron chi connectivity index (χ2n) is 11.1. The minimum Gasteiger partial charge on any atom is -0.384 e. The maximum atomic E-state index is 13.7. The van der Waals surface area contributed by atoms with E-state index in [4.69, 9.17) is 0 Å². The molecule has 35 heavy (non-hydrogen) atoms. The highest BCUT2D eigenvalue weighted by Crippen LogP contribution is 2.37. The molecule has 0 fully saturated rings. The summed E-state index contributed by atoms with van der Waals surface area (Å²) in [4.78, 5) is 27.3. The van der Waals surface area contributed by atoms with Gasteiger partial charge in [-0.1, -0.05) is 17.7 Å². The third-order valence-electron chi connectivity index (χ3n) is 7.55. The topological polar surface area (TPSA) is 58.2 Å². The highest BCUT2D eigenvalue weighted by molar-refractivity contribution is 6.32. The Morgan fingerprint density at radius 1 is 0.686 bits per heavy atom. The SMILES string of the molecule is CC[N+](C)(C)CCCNc1ccc(NCCC[N+](C)(C)CC)c2c1C(=O)c1ccc(C)cc1C2=O. The molecule has 6 heteroatoms. The molecule has 0 unspecified atom stereocenters. The van der Waals surface area contributed by atoms with Crippen molar-refractivity contribution in [2.75, 3.05) is 78.1 Å². The first-order valence-corrected chi connectivity index (χ1v) is 13.0. The smallest absolute Gasteiger partial charge is 0.196 e. The van der Waals surface area contributed by atoms with Gasteiger partial charge in [-0.2, -0.15) is 0 Å². The van der Waals surface area contributed by atoms with Gasteiger partial charge < -0.3 is 19.6 Å². The summed E-state index contributed by atoms with van der Waals surface area (Å²) in [6.07, 6.45) is 1.97. The van der Waals surface area contributed by atoms with Gasteiger partial charge in [0, 0.05) is 48.4 Å². The second kappa shape index (κ2) is 10.9. The number of nitrogens with one attached hydrogen (secondary N) is 2. The minimum absolute atomic E-state index is 0.0714. The summed E-state index contributed by atoms with van der Waals surface area (Å²) in [7, 11) is 8.91. The average Bonchev–Trinajstić information content (AvgIpc) is 2.83. The molecule has 190 valence electrons. The van der Waals surface area contributed by atoms with Gasteiger partial charge in [-0.05, 0) is 39.0 Å². The van der Waals surface area contributed by atoms with E-state index in [-0.39, 0.29) is 11.6 Å². The molecule has 0 atom stereocenters. The maximum absolute atomic E-state index is 13.7. The first-order chi connectivity index (χ1) is 16.5. The van der Waals surface area contributed by atoms with Crippen molar-refractivity contribution in [3.05, 3.63) is 58.1 Å². The Hall–Kier alpha value is -2.70. The number of aryl methyl sites for hydroxylation is 1. The molecule has 3 rings (SSSR count). The van der Waals surface area contributed by atoms with Crippen LogP contribution in [-0.2, 0) is 0 Å². The van der Waals surface area contributed by atoms with Gasteiger partial charge in [0.15, 0.2) is 11.6 Å². The van der Waals surface area contributed by atoms with Crippen LogP contribution >= 0.6 is 0 Å². The summed E-state index contributed by atoms with van der Waals surface area (Å²) in [5, 5.41) is 6.95. The summed E-state index contributed by atoms with van der Waals surface area (Å²) >= 11 is 0. The van der Waals surface area contributed by atoms with Gasteiger partial charge in [-0.3, -0.25) is 9.59 Å². The van der Waals surface area contributed by atoms with Crippen LogP contribution in [0.4, 0.5) is 11.4 Å². The van der Waals surface area contributed by atoms with Crippen molar-refractivity contribution in [2.24, 2.45) is 0 Å². The molecule has 2 N–H and O–H groups in total. The molecule has 2 aromatic rings. The quantitative estimate of drug-likeness (QED) is 0.295. The van der Waals surface area contributed by atoms with Crippen molar-refractivity contribution in [3.8, 4) is 0 Å². The molecule has 0 saturated heterocycles. The molecular weight excluding hydrogens is 436 g/mol. The minimum atomic E-state index is -0.0748. The zero-order chi connectivity index (χ0) is 25.8. The summed E-state index contributed by atoms with van der Waals surface area (Å²) < 4.78 is 1.92. The van der Waals surface area contributed by atoms with Gasteiger partial charge in [0.05, 0.1) is 65.5 Å². The molecule has 0 radical (unpaired) electrons. The van der Waals surface area contributed by atoms with E-state index in [2.05, 4.69) is 52.7 Å². The van der Waals surface area contributed by atoms with Crippen LogP contribution < -0.4 is 10.6 Å². The summed E-state index contributed by atoms with van der Waals surface area (Å²) in [5.74, 6) is -0.146. The number of anilines is 2. The number of carbonyl (C=O) groups is 2. The van der Waals surface area contributed by atoms with Crippen LogP contribution in [0.1, 0.15) is 64.1 Å². The Bertz CT molecular complexity index is 1090. The van der Waals surface area contributed by atoms with Crippen molar-refractivity contribution >= 4 is 22.9 Å². The van der Waals surface area contributed by atoms with Crippen LogP contribution in [0, 0.1) is 6.92 Å². The number of benzene rings is 2. The van der Waals surface area contributed by atoms with Crippen molar-refractivity contribution < 1.29 is 18.6 Å². The van der Waals surface area contributed by atoms with Crippen molar-refractivity contribution in [2.45, 2.75) is 33.6 Å². The van der Waals surface area contributed by atoms with Crippen LogP contribution in [0.5, 0.6) is 0 Å². The van der Waals surface area contributed by atoms with Crippen LogP contribution in [0.25, 0.3) is 0 Å². The lowest BCUT2D eigenvalue weighted by Gasteiger charge is -2.29. The lowest BCUT2D eigenvalue weighted by atomic mass is 9.81. The Morgan fingerprint density at radius 3 is 1.60 bits per heavy atom. The predicted octanol–water partition coefficient (Wildman–Crippen LogP) is 4.57. The Kier molecular flexibility index (Phi) is 8.39. The van der Waals surface area contributed by atoms with E-state index in [1.54, 1.807) is 6.07 Å². The standard InChI is InChI=1S/C29H42N4O2/c1-8-32(4,5)18-10-16-30-24-14-15-25(31-17-11-19-33(6,7)9-2)27-26(24)28(34)22-13-12-21(3)20-23(22)29(27)35/h12-15,20H,8-11,16-19H2,1-7H3/p+2. The number of fused-ring (bicyclic) bond motifs is 2. The van der Waals surface area contributed by atoms with Crippen LogP contribution in [0.2, 0.25) is 0 Å². The van der Waals surface area contributed by atoms with Crippen molar-refractivity contribution in [3.63, 3.8) is 0 Å². The number of quaternary nitrogens is 2. The van der Waals surface area contributed by atoms with E-state index in [0.29, 0.717) is 22.3 Å². The molecule has 1 aliphatic carbocycles. The van der Waals surface area contributed by atoms with Gasteiger partial charge in [0.25, 0.3) is 0 Å². The van der Waals surface area contributed by atoms with E-state index < -0.39 is 0 Å². The van der Waals surface area contributed by atoms with E-state index in [0.717, 1.165) is 78.0 Å². The fourth-order valence-electron chi connectivity index (χ4n) is 4.46. The van der Waals surface area contributed by atoms with Gasteiger partial charge in [0.2, 0.25) is 0 Å². The fourth-order valence-corrected chi connectivity index (χ4v) is 4.46. The molecule has 0 amide bonds. The van der Waals surface area contributed by atoms with E-state index in [9.17, 15) is 9.59 Å². The number of hydrogen-bond acceptors (Lipinski definition) is 4. The first-order valence-electron chi connectivity index (χ1n) is 13.0. The maximum Gasteiger partial charge on any atom is 0.196 e. The zero-order valence-corrected chi connectivity index (χ0v) is 22.8. The lowest BCUT2D eigenvalue weighted by molar-refractivity contribution is -0.888. The first kappa shape index (κ1) is 26.9. The monoisotopic (exact) mass is 480 g/mol. The van der Waals surface area contributed by atoms with Gasteiger partial charge in [0.1, 0.15) is 0 Å². The normalized spacial score (nSPS) is 13.5. The largest absolute Gasteiger partial charge is 0.384 e. The van der Waals surface area contributed by atoms with Gasteiger partial charge in [-0.15, -0.1) is 0 Å². The summed E-state index contributed by atoms with van der Waals surface area (Å²) in [5.41, 5.74) is 4.50. The van der Waals surface area contributed by atoms with Gasteiger partial charge >= 0.3 is 0 Å². The van der Waals surface area contributed by atoms with Crippen LogP contribution in [0.3, 0.4) is 0 Å². The molecule has 6 nitrogen and oxygen atoms in total. The van der Waals surface area contributed by atoms with Crippen LogP contribution in [0.15, 0.2) is 30.3 Å². The van der Waals surface area contributed by atoms with E-state index in [1.807, 2.05) is 31.2 Å². The zero-order valence-electron chi connectivity index (χ0n) is 22.8. The molecule has 2 aromatic carbocycles. The van der Waals surface area contributed by atoms with Gasteiger partial charge in [-0.25, -0.2) is 0 Å². The third-order valence-corrected chi connectivity index (χ3v) is 7.55. The Balaban J connectivity index is 1.88. The third kappa shape index (κ3) is 6.30. The molecular formula is C29H44N4O2+2. The van der Waals surface area contributed by atoms with Crippen molar-refractivity contribution in [1.82, 2.24) is 0 Å². The molecule has 0 heterocycles. The summed E-state index contributed by atoms with van der Waals surface area (Å²) in [6, 6.07) is 9.46. The number of ketones is 2. The predicted molar refractivity (Wildman–Crippen MR) is 146 cm³/mol. The molecule has 0 saturated carbocycles. The average molecular weight is 481 g/mol. The van der Waals surface area contributed by atoms with Crippen molar-refractivity contribution in [1.29, 1.82) is 0 Å². The molecule has 0 spiro atoms. The highest BCUT2D eigenvalue weighted by Gasteiger charge is 2.34. The number of nitrogens with zero attached hydrogens (tertiary/aromatic N) is 2. The van der Waals surface area contributed by atoms with E-state index in [1.165, 1.54) is 0 Å². The van der Waals surface area contributed by atoms with E-state index >= 15 is 0 Å². The Labute approximate surface area is 211 Å². The highest BCUT2D eigenvalue weighted by atomic mass is 16.1. The number of hydrogen-bond donors (Lipinski definition) is 2. The molecule has 1 aliphatic rings. The molecule has 0 aliphatic heterocycles.